The molecule has 2 aromatic rings. The number of thioether (sulfide) groups is 1. The van der Waals surface area contributed by atoms with Crippen LogP contribution in [-0.4, -0.2) is 95.4 Å². The SMILES string of the molecule is CCc1cc(N2CCN(CC)CC2)nc(SCc2cccc(C(=O)N3CCN(C(C)=O)CC3)c2)n1. The van der Waals surface area contributed by atoms with Crippen LogP contribution in [0.25, 0.3) is 0 Å². The van der Waals surface area contributed by atoms with Gasteiger partial charge in [0, 0.05) is 82.4 Å². The van der Waals surface area contributed by atoms with Gasteiger partial charge in [-0.25, -0.2) is 9.97 Å². The molecule has 0 aliphatic carbocycles. The maximum absolute atomic E-state index is 13.0. The predicted molar refractivity (Wildman–Crippen MR) is 140 cm³/mol. The number of anilines is 1. The van der Waals surface area contributed by atoms with E-state index in [0.29, 0.717) is 37.5 Å². The van der Waals surface area contributed by atoms with Crippen molar-refractivity contribution in [3.05, 3.63) is 47.2 Å². The number of hydrogen-bond donors (Lipinski definition) is 0. The number of aromatic nitrogens is 2. The number of likely N-dealkylation sites (N-methyl/N-ethyl adjacent to an activating group) is 1. The van der Waals surface area contributed by atoms with Crippen molar-refractivity contribution in [3.8, 4) is 0 Å². The van der Waals surface area contributed by atoms with Crippen molar-refractivity contribution in [1.82, 2.24) is 24.7 Å². The van der Waals surface area contributed by atoms with Gasteiger partial charge in [0.15, 0.2) is 5.16 Å². The van der Waals surface area contributed by atoms with E-state index >= 15 is 0 Å². The summed E-state index contributed by atoms with van der Waals surface area (Å²) in [6.45, 7) is 13.4. The van der Waals surface area contributed by atoms with Crippen LogP contribution in [-0.2, 0) is 17.0 Å². The van der Waals surface area contributed by atoms with Gasteiger partial charge in [-0.2, -0.15) is 0 Å². The molecule has 0 atom stereocenters. The lowest BCUT2D eigenvalue weighted by Crippen LogP contribution is -2.50. The highest BCUT2D eigenvalue weighted by Crippen LogP contribution is 2.24. The third-order valence-corrected chi connectivity index (χ3v) is 7.72. The van der Waals surface area contributed by atoms with Gasteiger partial charge < -0.3 is 19.6 Å². The number of rotatable bonds is 7. The van der Waals surface area contributed by atoms with Gasteiger partial charge in [-0.1, -0.05) is 37.7 Å². The summed E-state index contributed by atoms with van der Waals surface area (Å²) in [5.74, 6) is 1.81. The number of aryl methyl sites for hydroxylation is 1. The van der Waals surface area contributed by atoms with E-state index in [1.165, 1.54) is 0 Å². The quantitative estimate of drug-likeness (QED) is 0.431. The fraction of sp³-hybridized carbons (Fsp3) is 0.538. The minimum absolute atomic E-state index is 0.0257. The normalized spacial score (nSPS) is 17.1. The van der Waals surface area contributed by atoms with Crippen molar-refractivity contribution in [3.63, 3.8) is 0 Å². The first-order valence-electron chi connectivity index (χ1n) is 12.6. The van der Waals surface area contributed by atoms with E-state index in [4.69, 9.17) is 9.97 Å². The van der Waals surface area contributed by atoms with Crippen LogP contribution in [0.3, 0.4) is 0 Å². The summed E-state index contributed by atoms with van der Waals surface area (Å²) < 4.78 is 0. The molecule has 0 radical (unpaired) electrons. The lowest BCUT2D eigenvalue weighted by Gasteiger charge is -2.35. The first-order chi connectivity index (χ1) is 17.0. The van der Waals surface area contributed by atoms with E-state index in [9.17, 15) is 9.59 Å². The third-order valence-electron chi connectivity index (χ3n) is 6.80. The van der Waals surface area contributed by atoms with Gasteiger partial charge >= 0.3 is 0 Å². The van der Waals surface area contributed by atoms with E-state index in [2.05, 4.69) is 29.7 Å². The number of carbonyl (C=O) groups is 2. The zero-order chi connectivity index (χ0) is 24.8. The molecule has 0 unspecified atom stereocenters. The molecular formula is C26H36N6O2S. The summed E-state index contributed by atoms with van der Waals surface area (Å²) >= 11 is 1.62. The monoisotopic (exact) mass is 496 g/mol. The highest BCUT2D eigenvalue weighted by molar-refractivity contribution is 7.98. The molecule has 1 aromatic heterocycles. The lowest BCUT2D eigenvalue weighted by molar-refractivity contribution is -0.130. The zero-order valence-corrected chi connectivity index (χ0v) is 21.9. The predicted octanol–water partition coefficient (Wildman–Crippen LogP) is 2.78. The lowest BCUT2D eigenvalue weighted by atomic mass is 10.1. The number of amides is 2. The van der Waals surface area contributed by atoms with Gasteiger partial charge in [0.2, 0.25) is 5.91 Å². The Morgan fingerprint density at radius 3 is 2.29 bits per heavy atom. The highest BCUT2D eigenvalue weighted by Gasteiger charge is 2.23. The molecular weight excluding hydrogens is 460 g/mol. The highest BCUT2D eigenvalue weighted by atomic mass is 32.2. The van der Waals surface area contributed by atoms with Crippen LogP contribution in [0.5, 0.6) is 0 Å². The molecule has 2 aliphatic rings. The fourth-order valence-electron chi connectivity index (χ4n) is 4.51. The fourth-order valence-corrected chi connectivity index (χ4v) is 5.32. The molecule has 1 aromatic carbocycles. The van der Waals surface area contributed by atoms with Gasteiger partial charge in [-0.3, -0.25) is 9.59 Å². The zero-order valence-electron chi connectivity index (χ0n) is 21.1. The second-order valence-corrected chi connectivity index (χ2v) is 10.0. The van der Waals surface area contributed by atoms with E-state index in [-0.39, 0.29) is 11.8 Å². The van der Waals surface area contributed by atoms with Crippen molar-refractivity contribution >= 4 is 29.4 Å². The Morgan fingerprint density at radius 2 is 1.63 bits per heavy atom. The van der Waals surface area contributed by atoms with Crippen molar-refractivity contribution in [2.45, 2.75) is 38.1 Å². The molecule has 0 spiro atoms. The summed E-state index contributed by atoms with van der Waals surface area (Å²) in [6.07, 6.45) is 0.874. The second-order valence-electron chi connectivity index (χ2n) is 9.06. The Labute approximate surface area is 212 Å². The second kappa shape index (κ2) is 11.9. The van der Waals surface area contributed by atoms with Crippen LogP contribution in [0.15, 0.2) is 35.5 Å². The van der Waals surface area contributed by atoms with E-state index in [1.54, 1.807) is 23.6 Å². The average Bonchev–Trinajstić information content (AvgIpc) is 2.91. The first kappa shape index (κ1) is 25.4. The molecule has 0 saturated carbocycles. The molecule has 2 fully saturated rings. The smallest absolute Gasteiger partial charge is 0.253 e. The largest absolute Gasteiger partial charge is 0.354 e. The Kier molecular flexibility index (Phi) is 8.62. The Balaban J connectivity index is 1.39. The summed E-state index contributed by atoms with van der Waals surface area (Å²) in [6, 6.07) is 9.96. The molecule has 0 bridgehead atoms. The van der Waals surface area contributed by atoms with E-state index in [0.717, 1.165) is 61.4 Å². The number of piperazine rings is 2. The van der Waals surface area contributed by atoms with Crippen molar-refractivity contribution in [2.24, 2.45) is 0 Å². The van der Waals surface area contributed by atoms with Gasteiger partial charge in [0.05, 0.1) is 0 Å². The van der Waals surface area contributed by atoms with Gasteiger partial charge in [0.25, 0.3) is 5.91 Å². The molecule has 4 rings (SSSR count). The molecule has 3 heterocycles. The van der Waals surface area contributed by atoms with Crippen LogP contribution in [0.1, 0.15) is 42.4 Å². The minimum Gasteiger partial charge on any atom is -0.354 e. The minimum atomic E-state index is 0.0257. The molecule has 2 saturated heterocycles. The topological polar surface area (TPSA) is 72.9 Å². The van der Waals surface area contributed by atoms with Crippen molar-refractivity contribution in [1.29, 1.82) is 0 Å². The Bertz CT molecular complexity index is 1030. The van der Waals surface area contributed by atoms with Gasteiger partial charge in [-0.15, -0.1) is 0 Å². The standard InChI is InChI=1S/C26H36N6O2S/c1-4-23-18-24(31-11-9-29(5-2)10-12-31)28-26(27-23)35-19-21-7-6-8-22(17-21)25(34)32-15-13-30(14-16-32)20(3)33/h6-8,17-18H,4-5,9-16,19H2,1-3H3. The van der Waals surface area contributed by atoms with Crippen LogP contribution in [0.4, 0.5) is 5.82 Å². The average molecular weight is 497 g/mol. The van der Waals surface area contributed by atoms with Crippen LogP contribution in [0, 0.1) is 0 Å². The van der Waals surface area contributed by atoms with Gasteiger partial charge in [0.1, 0.15) is 5.82 Å². The van der Waals surface area contributed by atoms with Crippen LogP contribution < -0.4 is 4.90 Å². The van der Waals surface area contributed by atoms with Crippen LogP contribution in [0.2, 0.25) is 0 Å². The van der Waals surface area contributed by atoms with Crippen LogP contribution >= 0.6 is 11.8 Å². The number of nitrogens with zero attached hydrogens (tertiary/aromatic N) is 6. The maximum Gasteiger partial charge on any atom is 0.253 e. The molecule has 2 amide bonds. The Hall–Kier alpha value is -2.65. The Morgan fingerprint density at radius 1 is 0.914 bits per heavy atom. The third kappa shape index (κ3) is 6.52. The summed E-state index contributed by atoms with van der Waals surface area (Å²) in [7, 11) is 0. The maximum atomic E-state index is 13.0. The number of hydrogen-bond acceptors (Lipinski definition) is 7. The summed E-state index contributed by atoms with van der Waals surface area (Å²) in [5.41, 5.74) is 2.83. The molecule has 0 N–H and O–H groups in total. The molecule has 188 valence electrons. The first-order valence-corrected chi connectivity index (χ1v) is 13.6. The molecule has 35 heavy (non-hydrogen) atoms. The summed E-state index contributed by atoms with van der Waals surface area (Å²) in [5, 5.41) is 0.786. The van der Waals surface area contributed by atoms with Crippen molar-refractivity contribution in [2.75, 3.05) is 63.8 Å². The number of benzene rings is 1. The molecule has 2 aliphatic heterocycles. The van der Waals surface area contributed by atoms with Crippen molar-refractivity contribution < 1.29 is 9.59 Å². The van der Waals surface area contributed by atoms with Gasteiger partial charge in [-0.05, 0) is 30.7 Å². The number of carbonyl (C=O) groups excluding carboxylic acids is 2. The molecule has 9 heteroatoms. The van der Waals surface area contributed by atoms with E-state index < -0.39 is 0 Å². The summed E-state index contributed by atoms with van der Waals surface area (Å²) in [4.78, 5) is 42.7. The molecule has 8 nitrogen and oxygen atoms in total. The van der Waals surface area contributed by atoms with E-state index in [1.807, 2.05) is 29.2 Å².